The SMILES string of the molecule is O[C@H](Cl)CCCCl. The van der Waals surface area contributed by atoms with Crippen molar-refractivity contribution in [3.8, 4) is 0 Å². The van der Waals surface area contributed by atoms with Crippen LogP contribution in [0.1, 0.15) is 12.8 Å². The Morgan fingerprint density at radius 1 is 1.57 bits per heavy atom. The molecule has 1 N–H and O–H groups in total. The van der Waals surface area contributed by atoms with Crippen molar-refractivity contribution in [1.82, 2.24) is 0 Å². The van der Waals surface area contributed by atoms with Gasteiger partial charge in [0.15, 0.2) is 0 Å². The third-order valence-electron chi connectivity index (χ3n) is 0.576. The second-order valence-electron chi connectivity index (χ2n) is 1.27. The number of alkyl halides is 2. The van der Waals surface area contributed by atoms with E-state index in [-0.39, 0.29) is 0 Å². The summed E-state index contributed by atoms with van der Waals surface area (Å²) in [6.07, 6.45) is 1.37. The zero-order chi connectivity index (χ0) is 5.70. The first-order chi connectivity index (χ1) is 3.27. The second-order valence-corrected chi connectivity index (χ2v) is 2.15. The highest BCUT2D eigenvalue weighted by molar-refractivity contribution is 6.19. The number of halogens is 2. The molecule has 0 fully saturated rings. The molecule has 1 nitrogen and oxygen atoms in total. The molecule has 44 valence electrons. The van der Waals surface area contributed by atoms with Crippen LogP contribution in [0.3, 0.4) is 0 Å². The van der Waals surface area contributed by atoms with Gasteiger partial charge in [0, 0.05) is 5.88 Å². The fourth-order valence-electron chi connectivity index (χ4n) is 0.246. The third kappa shape index (κ3) is 6.54. The fraction of sp³-hybridized carbons (Fsp3) is 1.00. The Hall–Kier alpha value is 0.540. The average molecular weight is 143 g/mol. The highest BCUT2D eigenvalue weighted by Gasteiger charge is 1.93. The van der Waals surface area contributed by atoms with Gasteiger partial charge in [-0.1, -0.05) is 11.6 Å². The predicted octanol–water partition coefficient (Wildman–Crippen LogP) is 1.56. The molecule has 7 heavy (non-hydrogen) atoms. The van der Waals surface area contributed by atoms with Crippen LogP contribution in [0.25, 0.3) is 0 Å². The Morgan fingerprint density at radius 2 is 2.14 bits per heavy atom. The van der Waals surface area contributed by atoms with E-state index in [4.69, 9.17) is 28.3 Å². The summed E-state index contributed by atoms with van der Waals surface area (Å²) >= 11 is 10.4. The number of hydrogen-bond acceptors (Lipinski definition) is 1. The molecule has 0 aliphatic carbocycles. The van der Waals surface area contributed by atoms with E-state index in [1.54, 1.807) is 0 Å². The molecule has 0 aliphatic rings. The van der Waals surface area contributed by atoms with E-state index in [2.05, 4.69) is 0 Å². The summed E-state index contributed by atoms with van der Waals surface area (Å²) in [6.45, 7) is 0. The molecule has 0 amide bonds. The van der Waals surface area contributed by atoms with Crippen LogP contribution in [0.15, 0.2) is 0 Å². The van der Waals surface area contributed by atoms with Crippen molar-refractivity contribution >= 4 is 23.2 Å². The zero-order valence-electron chi connectivity index (χ0n) is 3.90. The molecule has 0 bridgehead atoms. The van der Waals surface area contributed by atoms with Gasteiger partial charge in [0.25, 0.3) is 0 Å². The molecule has 0 saturated heterocycles. The van der Waals surface area contributed by atoms with Crippen LogP contribution in [0, 0.1) is 0 Å². The lowest BCUT2D eigenvalue weighted by atomic mass is 10.4. The van der Waals surface area contributed by atoms with Gasteiger partial charge < -0.3 is 5.11 Å². The van der Waals surface area contributed by atoms with Crippen LogP contribution in [-0.2, 0) is 0 Å². The Kier molecular flexibility index (Phi) is 5.05. The molecule has 0 rings (SSSR count). The lowest BCUT2D eigenvalue weighted by molar-refractivity contribution is 0.245. The Bertz CT molecular complexity index is 38.7. The first-order valence-electron chi connectivity index (χ1n) is 2.15. The first kappa shape index (κ1) is 7.54. The molecule has 1 atom stereocenters. The van der Waals surface area contributed by atoms with E-state index in [0.717, 1.165) is 6.42 Å². The van der Waals surface area contributed by atoms with Gasteiger partial charge in [-0.25, -0.2) is 0 Å². The monoisotopic (exact) mass is 142 g/mol. The van der Waals surface area contributed by atoms with Crippen molar-refractivity contribution < 1.29 is 5.11 Å². The molecular formula is C4H8Cl2O. The van der Waals surface area contributed by atoms with Gasteiger partial charge in [-0.2, -0.15) is 0 Å². The first-order valence-corrected chi connectivity index (χ1v) is 3.12. The molecule has 0 aromatic heterocycles. The van der Waals surface area contributed by atoms with Gasteiger partial charge in [-0.3, -0.25) is 0 Å². The summed E-state index contributed by atoms with van der Waals surface area (Å²) in [4.78, 5) is 0. The van der Waals surface area contributed by atoms with Crippen LogP contribution in [0.4, 0.5) is 0 Å². The van der Waals surface area contributed by atoms with Gasteiger partial charge in [-0.05, 0) is 12.8 Å². The second kappa shape index (κ2) is 4.69. The Balaban J connectivity index is 2.68. The maximum Gasteiger partial charge on any atom is 0.128 e. The normalized spacial score (nSPS) is 14.1. The van der Waals surface area contributed by atoms with Crippen LogP contribution in [-0.4, -0.2) is 16.5 Å². The summed E-state index contributed by atoms with van der Waals surface area (Å²) in [5, 5.41) is 8.39. The molecule has 0 spiro atoms. The minimum absolute atomic E-state index is 0.573. The number of aliphatic hydroxyl groups excluding tert-OH is 1. The van der Waals surface area contributed by atoms with Crippen molar-refractivity contribution in [3.63, 3.8) is 0 Å². The van der Waals surface area contributed by atoms with Crippen molar-refractivity contribution in [2.75, 3.05) is 5.88 Å². The van der Waals surface area contributed by atoms with Crippen molar-refractivity contribution in [2.24, 2.45) is 0 Å². The van der Waals surface area contributed by atoms with Crippen molar-refractivity contribution in [2.45, 2.75) is 18.4 Å². The van der Waals surface area contributed by atoms with E-state index in [1.807, 2.05) is 0 Å². The quantitative estimate of drug-likeness (QED) is 0.594. The minimum Gasteiger partial charge on any atom is -0.378 e. The third-order valence-corrected chi connectivity index (χ3v) is 1.06. The van der Waals surface area contributed by atoms with Gasteiger partial charge in [0.1, 0.15) is 5.56 Å². The van der Waals surface area contributed by atoms with E-state index < -0.39 is 5.56 Å². The van der Waals surface area contributed by atoms with Crippen molar-refractivity contribution in [1.29, 1.82) is 0 Å². The van der Waals surface area contributed by atoms with Gasteiger partial charge in [-0.15, -0.1) is 11.6 Å². The summed E-state index contributed by atoms with van der Waals surface area (Å²) in [7, 11) is 0. The topological polar surface area (TPSA) is 20.2 Å². The van der Waals surface area contributed by atoms with Gasteiger partial charge in [0.2, 0.25) is 0 Å². The molecule has 0 heterocycles. The molecule has 0 aromatic rings. The Labute approximate surface area is 53.2 Å². The van der Waals surface area contributed by atoms with Crippen LogP contribution in [0.2, 0.25) is 0 Å². The van der Waals surface area contributed by atoms with Gasteiger partial charge >= 0.3 is 0 Å². The van der Waals surface area contributed by atoms with Crippen LogP contribution >= 0.6 is 23.2 Å². The van der Waals surface area contributed by atoms with E-state index in [1.165, 1.54) is 0 Å². The van der Waals surface area contributed by atoms with E-state index in [0.29, 0.717) is 12.3 Å². The highest BCUT2D eigenvalue weighted by Crippen LogP contribution is 2.00. The Morgan fingerprint density at radius 3 is 2.29 bits per heavy atom. The molecule has 0 saturated carbocycles. The number of hydrogen-bond donors (Lipinski definition) is 1. The van der Waals surface area contributed by atoms with Gasteiger partial charge in [0.05, 0.1) is 0 Å². The summed E-state index contributed by atoms with van der Waals surface area (Å²) in [5.41, 5.74) is -0.709. The molecule has 0 radical (unpaired) electrons. The largest absolute Gasteiger partial charge is 0.378 e. The zero-order valence-corrected chi connectivity index (χ0v) is 5.41. The number of rotatable bonds is 3. The molecule has 3 heteroatoms. The molecule has 0 unspecified atom stereocenters. The summed E-state index contributed by atoms with van der Waals surface area (Å²) < 4.78 is 0. The van der Waals surface area contributed by atoms with Crippen LogP contribution in [0.5, 0.6) is 0 Å². The minimum atomic E-state index is -0.709. The number of aliphatic hydroxyl groups is 1. The fourth-order valence-corrected chi connectivity index (χ4v) is 0.554. The standard InChI is InChI=1S/C4H8Cl2O/c5-3-1-2-4(6)7/h4,7H,1-3H2/t4-/m0/s1. The predicted molar refractivity (Wildman–Crippen MR) is 31.8 cm³/mol. The highest BCUT2D eigenvalue weighted by atomic mass is 35.5. The van der Waals surface area contributed by atoms with Crippen LogP contribution < -0.4 is 0 Å². The van der Waals surface area contributed by atoms with E-state index >= 15 is 0 Å². The summed E-state index contributed by atoms with van der Waals surface area (Å²) in [6, 6.07) is 0. The maximum atomic E-state index is 8.39. The molecule has 0 aliphatic heterocycles. The molecule has 0 aromatic carbocycles. The molecular weight excluding hydrogens is 135 g/mol. The summed E-state index contributed by atoms with van der Waals surface area (Å²) in [5.74, 6) is 0.573. The lowest BCUT2D eigenvalue weighted by Crippen LogP contribution is -1.94. The maximum absolute atomic E-state index is 8.39. The lowest BCUT2D eigenvalue weighted by Gasteiger charge is -1.95. The smallest absolute Gasteiger partial charge is 0.128 e. The van der Waals surface area contributed by atoms with Crippen molar-refractivity contribution in [3.05, 3.63) is 0 Å². The van der Waals surface area contributed by atoms with E-state index in [9.17, 15) is 0 Å². The average Bonchev–Trinajstić information content (AvgIpc) is 1.61.